The van der Waals surface area contributed by atoms with Crippen molar-refractivity contribution < 1.29 is 9.59 Å². The molecule has 0 bridgehead atoms. The maximum atomic E-state index is 12.9. The molecule has 0 saturated carbocycles. The molecule has 2 aromatic carbocycles. The highest BCUT2D eigenvalue weighted by Gasteiger charge is 2.14. The van der Waals surface area contributed by atoms with Gasteiger partial charge in [-0.15, -0.1) is 11.3 Å². The molecule has 1 aliphatic rings. The molecule has 0 spiro atoms. The zero-order valence-corrected chi connectivity index (χ0v) is 20.8. The van der Waals surface area contributed by atoms with Crippen LogP contribution in [0.15, 0.2) is 71.6 Å². The second-order valence-electron chi connectivity index (χ2n) is 8.91. The average Bonchev–Trinajstić information content (AvgIpc) is 3.58. The molecule has 0 aliphatic heterocycles. The summed E-state index contributed by atoms with van der Waals surface area (Å²) >= 11 is 1.60. The highest BCUT2D eigenvalue weighted by molar-refractivity contribution is 7.09. The van der Waals surface area contributed by atoms with Crippen molar-refractivity contribution in [1.82, 2.24) is 15.5 Å². The molecule has 0 radical (unpaired) electrons. The first-order chi connectivity index (χ1) is 17.7. The van der Waals surface area contributed by atoms with Crippen LogP contribution in [0.2, 0.25) is 0 Å². The van der Waals surface area contributed by atoms with Crippen molar-refractivity contribution >= 4 is 45.6 Å². The smallest absolute Gasteiger partial charge is 0.256 e. The maximum absolute atomic E-state index is 12.9. The van der Waals surface area contributed by atoms with Gasteiger partial charge in [-0.05, 0) is 86.0 Å². The van der Waals surface area contributed by atoms with E-state index in [1.165, 1.54) is 25.7 Å². The van der Waals surface area contributed by atoms with Crippen LogP contribution in [-0.2, 0) is 6.54 Å². The lowest BCUT2D eigenvalue weighted by Crippen LogP contribution is -2.22. The van der Waals surface area contributed by atoms with Crippen LogP contribution < -0.4 is 16.0 Å². The Kier molecular flexibility index (Phi) is 7.42. The topological polar surface area (TPSA) is 98.9 Å². The number of fused-ring (bicyclic) bond motifs is 1. The molecule has 0 unspecified atom stereocenters. The molecule has 8 heteroatoms. The Bertz CT molecular complexity index is 1370. The van der Waals surface area contributed by atoms with Crippen LogP contribution in [0.25, 0.3) is 10.9 Å². The Morgan fingerprint density at radius 3 is 2.64 bits per heavy atom. The average molecular weight is 500 g/mol. The van der Waals surface area contributed by atoms with Crippen LogP contribution in [0.5, 0.6) is 0 Å². The van der Waals surface area contributed by atoms with E-state index in [0.29, 0.717) is 28.9 Å². The van der Waals surface area contributed by atoms with Crippen LogP contribution in [0, 0.1) is 0 Å². The zero-order chi connectivity index (χ0) is 24.7. The van der Waals surface area contributed by atoms with Crippen LogP contribution in [0.1, 0.15) is 57.7 Å². The first-order valence-corrected chi connectivity index (χ1v) is 13.2. The lowest BCUT2D eigenvalue weighted by Gasteiger charge is -2.13. The number of carbonyl (C=O) groups excluding carboxylic acids is 2. The molecular weight excluding hydrogens is 470 g/mol. The van der Waals surface area contributed by atoms with E-state index in [0.717, 1.165) is 29.0 Å². The fraction of sp³-hybridized carbons (Fsp3) is 0.250. The van der Waals surface area contributed by atoms with E-state index in [1.54, 1.807) is 47.2 Å². The number of hydrogen-bond acceptors (Lipinski definition) is 5. The van der Waals surface area contributed by atoms with E-state index in [9.17, 15) is 9.59 Å². The number of amides is 2. The van der Waals surface area contributed by atoms with Crippen molar-refractivity contribution in [3.63, 3.8) is 0 Å². The third-order valence-corrected chi connectivity index (χ3v) is 7.24. The number of allylic oxidation sites excluding steroid dienone is 1. The zero-order valence-electron chi connectivity index (χ0n) is 20.0. The van der Waals surface area contributed by atoms with Crippen molar-refractivity contribution in [2.45, 2.75) is 38.6 Å². The second kappa shape index (κ2) is 11.2. The SMILES string of the molecule is O=C(NCc1cccs1)c1ccc2[nH]nc(NC(=O)c3ccc(NCCC4=CCCCC4)cc3)c2c1. The molecule has 184 valence electrons. The summed E-state index contributed by atoms with van der Waals surface area (Å²) in [4.78, 5) is 26.6. The third kappa shape index (κ3) is 5.83. The first-order valence-electron chi connectivity index (χ1n) is 12.3. The summed E-state index contributed by atoms with van der Waals surface area (Å²) in [5, 5.41) is 19.1. The number of aromatic amines is 1. The van der Waals surface area contributed by atoms with Gasteiger partial charge in [0.25, 0.3) is 11.8 Å². The summed E-state index contributed by atoms with van der Waals surface area (Å²) in [5.74, 6) is -0.0348. The number of nitrogens with one attached hydrogen (secondary N) is 4. The maximum Gasteiger partial charge on any atom is 0.256 e. The number of aromatic nitrogens is 2. The minimum atomic E-state index is -0.255. The van der Waals surface area contributed by atoms with Gasteiger partial charge in [0.15, 0.2) is 5.82 Å². The predicted molar refractivity (Wildman–Crippen MR) is 146 cm³/mol. The number of nitrogens with zero attached hydrogens (tertiary/aromatic N) is 1. The van der Waals surface area contributed by atoms with Gasteiger partial charge in [0.2, 0.25) is 0 Å². The molecule has 0 atom stereocenters. The fourth-order valence-corrected chi connectivity index (χ4v) is 5.00. The highest BCUT2D eigenvalue weighted by atomic mass is 32.1. The monoisotopic (exact) mass is 499 g/mol. The predicted octanol–water partition coefficient (Wildman–Crippen LogP) is 6.11. The Morgan fingerprint density at radius 2 is 1.86 bits per heavy atom. The van der Waals surface area contributed by atoms with Crippen molar-refractivity contribution in [3.8, 4) is 0 Å². The number of carbonyl (C=O) groups is 2. The molecule has 4 aromatic rings. The second-order valence-corrected chi connectivity index (χ2v) is 9.94. The van der Waals surface area contributed by atoms with E-state index < -0.39 is 0 Å². The van der Waals surface area contributed by atoms with Crippen molar-refractivity contribution in [3.05, 3.63) is 87.6 Å². The number of anilines is 2. The normalized spacial score (nSPS) is 13.3. The van der Waals surface area contributed by atoms with E-state index in [1.807, 2.05) is 29.6 Å². The van der Waals surface area contributed by atoms with Crippen LogP contribution in [0.3, 0.4) is 0 Å². The van der Waals surface area contributed by atoms with Gasteiger partial charge in [-0.3, -0.25) is 14.7 Å². The number of thiophene rings is 1. The van der Waals surface area contributed by atoms with Gasteiger partial charge in [-0.1, -0.05) is 17.7 Å². The minimum absolute atomic E-state index is 0.174. The van der Waals surface area contributed by atoms with Gasteiger partial charge in [0.1, 0.15) is 0 Å². The summed E-state index contributed by atoms with van der Waals surface area (Å²) in [5.41, 5.74) is 4.32. The summed E-state index contributed by atoms with van der Waals surface area (Å²) in [7, 11) is 0. The van der Waals surface area contributed by atoms with Gasteiger partial charge < -0.3 is 16.0 Å². The van der Waals surface area contributed by atoms with Gasteiger partial charge in [0.05, 0.1) is 12.1 Å². The summed E-state index contributed by atoms with van der Waals surface area (Å²) in [6.45, 7) is 1.37. The van der Waals surface area contributed by atoms with Gasteiger partial charge in [-0.25, -0.2) is 0 Å². The first kappa shape index (κ1) is 23.8. The molecule has 36 heavy (non-hydrogen) atoms. The fourth-order valence-electron chi connectivity index (χ4n) is 4.35. The third-order valence-electron chi connectivity index (χ3n) is 6.37. The van der Waals surface area contributed by atoms with Crippen LogP contribution >= 0.6 is 11.3 Å². The molecule has 0 saturated heterocycles. The molecule has 4 N–H and O–H groups in total. The number of benzene rings is 2. The van der Waals surface area contributed by atoms with Crippen LogP contribution in [0.4, 0.5) is 11.5 Å². The standard InChI is InChI=1S/C28H29N5O2S/c34-27(30-18-23-7-4-16-36-23)21-10-13-25-24(17-21)26(33-32-25)31-28(35)20-8-11-22(12-9-20)29-15-14-19-5-2-1-3-6-19/h4-5,7-13,16-17,29H,1-3,6,14-15,18H2,(H,30,34)(H2,31,32,33,35). The quantitative estimate of drug-likeness (QED) is 0.209. The largest absolute Gasteiger partial charge is 0.385 e. The summed E-state index contributed by atoms with van der Waals surface area (Å²) in [6.07, 6.45) is 8.45. The molecule has 2 heterocycles. The van der Waals surface area contributed by atoms with E-state index in [4.69, 9.17) is 0 Å². The summed E-state index contributed by atoms with van der Waals surface area (Å²) < 4.78 is 0. The lowest BCUT2D eigenvalue weighted by atomic mass is 9.97. The van der Waals surface area contributed by atoms with E-state index in [2.05, 4.69) is 32.2 Å². The lowest BCUT2D eigenvalue weighted by molar-refractivity contribution is 0.0950. The highest BCUT2D eigenvalue weighted by Crippen LogP contribution is 2.23. The Hall–Kier alpha value is -3.91. The van der Waals surface area contributed by atoms with E-state index in [-0.39, 0.29) is 11.8 Å². The number of H-pyrrole nitrogens is 1. The molecular formula is C28H29N5O2S. The van der Waals surface area contributed by atoms with Crippen molar-refractivity contribution in [2.24, 2.45) is 0 Å². The molecule has 2 aromatic heterocycles. The summed E-state index contributed by atoms with van der Waals surface area (Å²) in [6, 6.07) is 16.7. The van der Waals surface area contributed by atoms with Crippen molar-refractivity contribution in [2.75, 3.05) is 17.2 Å². The van der Waals surface area contributed by atoms with Gasteiger partial charge >= 0.3 is 0 Å². The Balaban J connectivity index is 1.19. The molecule has 0 fully saturated rings. The minimum Gasteiger partial charge on any atom is -0.385 e. The number of rotatable bonds is 9. The van der Waals surface area contributed by atoms with Crippen LogP contribution in [-0.4, -0.2) is 28.6 Å². The molecule has 2 amide bonds. The van der Waals surface area contributed by atoms with E-state index >= 15 is 0 Å². The molecule has 7 nitrogen and oxygen atoms in total. The number of hydrogen-bond donors (Lipinski definition) is 4. The van der Waals surface area contributed by atoms with Gasteiger partial charge in [-0.2, -0.15) is 5.10 Å². The van der Waals surface area contributed by atoms with Gasteiger partial charge in [0, 0.05) is 33.6 Å². The van der Waals surface area contributed by atoms with Crippen molar-refractivity contribution in [1.29, 1.82) is 0 Å². The molecule has 1 aliphatic carbocycles. The Morgan fingerprint density at radius 1 is 1.00 bits per heavy atom. The molecule has 5 rings (SSSR count). The Labute approximate surface area is 214 Å².